The zero-order chi connectivity index (χ0) is 33.9. The topological polar surface area (TPSA) is 89.1 Å². The first kappa shape index (κ1) is 34.6. The molecule has 254 valence electrons. The van der Waals surface area contributed by atoms with Crippen molar-refractivity contribution in [3.8, 4) is 17.2 Å². The Morgan fingerprint density at radius 3 is 2.50 bits per heavy atom. The second-order valence-corrected chi connectivity index (χ2v) is 12.1. The van der Waals surface area contributed by atoms with Crippen molar-refractivity contribution >= 4 is 29.2 Å². The minimum atomic E-state index is -0.663. The van der Waals surface area contributed by atoms with E-state index in [1.807, 2.05) is 50.2 Å². The number of likely N-dealkylation sites (tertiary alicyclic amines) is 1. The van der Waals surface area contributed by atoms with Gasteiger partial charge in [0, 0.05) is 30.6 Å². The third-order valence-electron chi connectivity index (χ3n) is 8.47. The maximum Gasteiger partial charge on any atom is 0.425 e. The standard InChI is InChI=1S/C38H46FN5O4/c1-5-6-14-29-15-17-32(34(25-29)46-4)44(38(45)48-36-27(2)12-10-13-28(36)3)35-19-20-40-37(42-35)41-30-16-18-33(31(39)26-30)47-24-11-23-43-21-8-7-9-22-43/h10,12-13,15-20,25-26H,5-9,11,14,21-24H2,1-4H3,(H,40,41,42). The van der Waals surface area contributed by atoms with E-state index in [2.05, 4.69) is 27.1 Å². The number of ether oxygens (including phenoxy) is 3. The summed E-state index contributed by atoms with van der Waals surface area (Å²) in [5.74, 6) is 1.11. The number of unbranched alkanes of at least 4 members (excludes halogenated alkanes) is 1. The summed E-state index contributed by atoms with van der Waals surface area (Å²) in [6, 6.07) is 17.7. The van der Waals surface area contributed by atoms with E-state index >= 15 is 4.39 Å². The second kappa shape index (κ2) is 16.9. The molecule has 0 radical (unpaired) electrons. The molecule has 0 spiro atoms. The Morgan fingerprint density at radius 1 is 0.979 bits per heavy atom. The lowest BCUT2D eigenvalue weighted by Gasteiger charge is -2.26. The number of anilines is 4. The first-order chi connectivity index (χ1) is 23.4. The largest absolute Gasteiger partial charge is 0.495 e. The van der Waals surface area contributed by atoms with E-state index in [9.17, 15) is 4.79 Å². The van der Waals surface area contributed by atoms with Crippen molar-refractivity contribution in [3.63, 3.8) is 0 Å². The van der Waals surface area contributed by atoms with E-state index in [4.69, 9.17) is 14.2 Å². The van der Waals surface area contributed by atoms with Crippen LogP contribution >= 0.6 is 0 Å². The fourth-order valence-electron chi connectivity index (χ4n) is 5.86. The Morgan fingerprint density at radius 2 is 1.77 bits per heavy atom. The molecule has 1 aromatic heterocycles. The molecular formula is C38H46FN5O4. The average Bonchev–Trinajstić information content (AvgIpc) is 3.09. The highest BCUT2D eigenvalue weighted by atomic mass is 19.1. The van der Waals surface area contributed by atoms with Crippen molar-refractivity contribution in [2.24, 2.45) is 0 Å². The third-order valence-corrected chi connectivity index (χ3v) is 8.47. The van der Waals surface area contributed by atoms with E-state index in [0.29, 0.717) is 29.5 Å². The van der Waals surface area contributed by atoms with Gasteiger partial charge in [0.1, 0.15) is 17.3 Å². The number of piperidine rings is 1. The molecule has 9 nitrogen and oxygen atoms in total. The number of aromatic nitrogens is 2. The van der Waals surface area contributed by atoms with Gasteiger partial charge < -0.3 is 24.4 Å². The predicted molar refractivity (Wildman–Crippen MR) is 188 cm³/mol. The summed E-state index contributed by atoms with van der Waals surface area (Å²) in [5.41, 5.74) is 3.65. The summed E-state index contributed by atoms with van der Waals surface area (Å²) >= 11 is 0. The number of hydrogen-bond acceptors (Lipinski definition) is 8. The van der Waals surface area contributed by atoms with Gasteiger partial charge in [-0.05, 0) is 100.0 Å². The van der Waals surface area contributed by atoms with Gasteiger partial charge in [-0.25, -0.2) is 19.1 Å². The SMILES string of the molecule is CCCCc1ccc(N(C(=O)Oc2c(C)cccc2C)c2ccnc(Nc3ccc(OCCCN4CCCCC4)c(F)c3)n2)c(OC)c1. The number of nitrogens with one attached hydrogen (secondary N) is 1. The van der Waals surface area contributed by atoms with Crippen LogP contribution in [0.5, 0.6) is 17.2 Å². The van der Waals surface area contributed by atoms with E-state index in [-0.39, 0.29) is 17.5 Å². The summed E-state index contributed by atoms with van der Waals surface area (Å²) in [4.78, 5) is 26.8. The van der Waals surface area contributed by atoms with Crippen molar-refractivity contribution in [2.45, 2.75) is 65.7 Å². The monoisotopic (exact) mass is 655 g/mol. The lowest BCUT2D eigenvalue weighted by Crippen LogP contribution is -2.31. The summed E-state index contributed by atoms with van der Waals surface area (Å²) in [5, 5.41) is 3.06. The number of nitrogens with zero attached hydrogens (tertiary/aromatic N) is 4. The predicted octanol–water partition coefficient (Wildman–Crippen LogP) is 8.92. The van der Waals surface area contributed by atoms with Crippen molar-refractivity contribution in [3.05, 3.63) is 89.4 Å². The summed E-state index contributed by atoms with van der Waals surface area (Å²) < 4.78 is 32.5. The number of benzene rings is 3. The van der Waals surface area contributed by atoms with Crippen LogP contribution in [-0.4, -0.2) is 54.3 Å². The average molecular weight is 656 g/mol. The molecule has 1 saturated heterocycles. The molecule has 2 heterocycles. The quantitative estimate of drug-likeness (QED) is 0.135. The molecule has 1 fully saturated rings. The summed E-state index contributed by atoms with van der Waals surface area (Å²) in [6.07, 6.45) is 8.48. The van der Waals surface area contributed by atoms with Gasteiger partial charge in [0.2, 0.25) is 5.95 Å². The molecule has 10 heteroatoms. The van der Waals surface area contributed by atoms with Crippen molar-refractivity contribution in [2.75, 3.05) is 43.6 Å². The molecule has 5 rings (SSSR count). The number of para-hydroxylation sites is 1. The molecule has 1 aliphatic rings. The van der Waals surface area contributed by atoms with Crippen LogP contribution in [0.15, 0.2) is 66.9 Å². The molecule has 4 aromatic rings. The number of methoxy groups -OCH3 is 1. The van der Waals surface area contributed by atoms with E-state index in [1.54, 1.807) is 25.3 Å². The van der Waals surface area contributed by atoms with Crippen LogP contribution in [0.4, 0.5) is 32.3 Å². The highest BCUT2D eigenvalue weighted by Gasteiger charge is 2.27. The van der Waals surface area contributed by atoms with Gasteiger partial charge >= 0.3 is 6.09 Å². The fourth-order valence-corrected chi connectivity index (χ4v) is 5.86. The molecule has 1 amide bonds. The Kier molecular flexibility index (Phi) is 12.2. The smallest absolute Gasteiger partial charge is 0.425 e. The fraction of sp³-hybridized carbons (Fsp3) is 0.395. The highest BCUT2D eigenvalue weighted by molar-refractivity contribution is 5.98. The molecule has 0 aliphatic carbocycles. The normalized spacial score (nSPS) is 13.2. The molecule has 0 saturated carbocycles. The Labute approximate surface area is 283 Å². The van der Waals surface area contributed by atoms with Gasteiger partial charge in [0.05, 0.1) is 19.4 Å². The molecule has 48 heavy (non-hydrogen) atoms. The van der Waals surface area contributed by atoms with Gasteiger partial charge in [-0.1, -0.05) is 44.0 Å². The van der Waals surface area contributed by atoms with Crippen molar-refractivity contribution in [1.82, 2.24) is 14.9 Å². The first-order valence-electron chi connectivity index (χ1n) is 16.9. The number of halogens is 1. The zero-order valence-electron chi connectivity index (χ0n) is 28.4. The Balaban J connectivity index is 1.36. The van der Waals surface area contributed by atoms with Gasteiger partial charge in [0.15, 0.2) is 11.6 Å². The summed E-state index contributed by atoms with van der Waals surface area (Å²) in [7, 11) is 1.57. The highest BCUT2D eigenvalue weighted by Crippen LogP contribution is 2.36. The van der Waals surface area contributed by atoms with E-state index < -0.39 is 11.9 Å². The van der Waals surface area contributed by atoms with Crippen LogP contribution in [0, 0.1) is 19.7 Å². The van der Waals surface area contributed by atoms with Crippen LogP contribution in [-0.2, 0) is 6.42 Å². The van der Waals surface area contributed by atoms with E-state index in [1.165, 1.54) is 36.4 Å². The number of amides is 1. The first-order valence-corrected chi connectivity index (χ1v) is 16.9. The minimum absolute atomic E-state index is 0.172. The molecule has 0 bridgehead atoms. The van der Waals surface area contributed by atoms with Gasteiger partial charge in [-0.3, -0.25) is 0 Å². The minimum Gasteiger partial charge on any atom is -0.495 e. The number of carbonyl (C=O) groups excluding carboxylic acids is 1. The van der Waals surface area contributed by atoms with Crippen LogP contribution < -0.4 is 24.4 Å². The number of hydrogen-bond donors (Lipinski definition) is 1. The van der Waals surface area contributed by atoms with Crippen LogP contribution in [0.25, 0.3) is 0 Å². The number of rotatable bonds is 14. The van der Waals surface area contributed by atoms with E-state index in [0.717, 1.165) is 62.0 Å². The molecule has 3 aromatic carbocycles. The summed E-state index contributed by atoms with van der Waals surface area (Å²) in [6.45, 7) is 9.58. The van der Waals surface area contributed by atoms with Crippen LogP contribution in [0.2, 0.25) is 0 Å². The van der Waals surface area contributed by atoms with Gasteiger partial charge in [-0.15, -0.1) is 0 Å². The van der Waals surface area contributed by atoms with Crippen LogP contribution in [0.1, 0.15) is 62.1 Å². The second-order valence-electron chi connectivity index (χ2n) is 12.1. The lowest BCUT2D eigenvalue weighted by atomic mass is 10.1. The van der Waals surface area contributed by atoms with Crippen LogP contribution in [0.3, 0.4) is 0 Å². The maximum atomic E-state index is 15.0. The van der Waals surface area contributed by atoms with Gasteiger partial charge in [0.25, 0.3) is 0 Å². The Hall–Kier alpha value is -4.70. The number of carbonyl (C=O) groups is 1. The lowest BCUT2D eigenvalue weighted by molar-refractivity contribution is 0.203. The molecule has 1 aliphatic heterocycles. The van der Waals surface area contributed by atoms with Gasteiger partial charge in [-0.2, -0.15) is 4.98 Å². The molecular weight excluding hydrogens is 609 g/mol. The molecule has 0 unspecified atom stereocenters. The maximum absolute atomic E-state index is 15.0. The van der Waals surface area contributed by atoms with Crippen molar-refractivity contribution in [1.29, 1.82) is 0 Å². The third kappa shape index (κ3) is 9.01. The number of aryl methyl sites for hydroxylation is 3. The Bertz CT molecular complexity index is 1660. The molecule has 0 atom stereocenters. The molecule has 1 N–H and O–H groups in total. The van der Waals surface area contributed by atoms with Crippen molar-refractivity contribution < 1.29 is 23.4 Å². The zero-order valence-corrected chi connectivity index (χ0v) is 28.4.